The first-order valence-corrected chi connectivity index (χ1v) is 8.15. The van der Waals surface area contributed by atoms with Gasteiger partial charge in [-0.25, -0.2) is 0 Å². The van der Waals surface area contributed by atoms with Gasteiger partial charge in [0.2, 0.25) is 0 Å². The van der Waals surface area contributed by atoms with E-state index in [2.05, 4.69) is 31.0 Å². The van der Waals surface area contributed by atoms with Crippen molar-refractivity contribution in [1.29, 1.82) is 0 Å². The van der Waals surface area contributed by atoms with E-state index in [1.165, 1.54) is 31.2 Å². The summed E-state index contributed by atoms with van der Waals surface area (Å²) in [4.78, 5) is 2.43. The Balaban J connectivity index is 1.86. The molecule has 1 atom stereocenters. The van der Waals surface area contributed by atoms with Gasteiger partial charge in [-0.3, -0.25) is 0 Å². The Bertz CT molecular complexity index is 441. The zero-order chi connectivity index (χ0) is 15.3. The number of para-hydroxylation sites is 1. The second-order valence-corrected chi connectivity index (χ2v) is 6.67. The number of ether oxygens (including phenoxy) is 1. The highest BCUT2D eigenvalue weighted by molar-refractivity contribution is 5.33. The Kier molecular flexibility index (Phi) is 5.65. The summed E-state index contributed by atoms with van der Waals surface area (Å²) >= 11 is 0. The molecule has 3 nitrogen and oxygen atoms in total. The molecule has 0 aliphatic heterocycles. The van der Waals surface area contributed by atoms with Crippen molar-refractivity contribution in [2.45, 2.75) is 57.0 Å². The molecule has 0 saturated heterocycles. The summed E-state index contributed by atoms with van der Waals surface area (Å²) < 4.78 is 5.44. The van der Waals surface area contributed by atoms with E-state index in [4.69, 9.17) is 10.5 Å². The highest BCUT2D eigenvalue weighted by atomic mass is 16.5. The van der Waals surface area contributed by atoms with E-state index in [-0.39, 0.29) is 5.54 Å². The number of hydrogen-bond acceptors (Lipinski definition) is 3. The molecule has 1 aromatic carbocycles. The number of likely N-dealkylation sites (N-methyl/N-ethyl adjacent to an activating group) is 1. The summed E-state index contributed by atoms with van der Waals surface area (Å²) in [6.07, 6.45) is 7.12. The number of nitrogens with zero attached hydrogens (tertiary/aromatic N) is 1. The standard InChI is InChI=1S/C18H30N2O/c1-15(14-16-8-4-5-9-17(16)21-3)20(2)13-12-18(19)10-6-7-11-18/h4-5,8-9,15H,6-7,10-14,19H2,1-3H3. The molecule has 1 aliphatic rings. The quantitative estimate of drug-likeness (QED) is 0.838. The van der Waals surface area contributed by atoms with E-state index < -0.39 is 0 Å². The fourth-order valence-electron chi connectivity index (χ4n) is 3.29. The second-order valence-electron chi connectivity index (χ2n) is 6.67. The van der Waals surface area contributed by atoms with Crippen molar-refractivity contribution in [2.75, 3.05) is 20.7 Å². The Hall–Kier alpha value is -1.06. The Labute approximate surface area is 129 Å². The van der Waals surface area contributed by atoms with Gasteiger partial charge in [0.25, 0.3) is 0 Å². The molecule has 0 aromatic heterocycles. The zero-order valence-electron chi connectivity index (χ0n) is 13.8. The smallest absolute Gasteiger partial charge is 0.122 e. The van der Waals surface area contributed by atoms with Gasteiger partial charge in [-0.1, -0.05) is 31.0 Å². The van der Waals surface area contributed by atoms with Crippen LogP contribution in [0.3, 0.4) is 0 Å². The van der Waals surface area contributed by atoms with Gasteiger partial charge in [0.05, 0.1) is 7.11 Å². The molecular formula is C18H30N2O. The van der Waals surface area contributed by atoms with Crippen molar-refractivity contribution in [3.8, 4) is 5.75 Å². The average Bonchev–Trinajstić information content (AvgIpc) is 2.92. The van der Waals surface area contributed by atoms with Crippen LogP contribution in [0.15, 0.2) is 24.3 Å². The van der Waals surface area contributed by atoms with Crippen LogP contribution in [-0.2, 0) is 6.42 Å². The average molecular weight is 290 g/mol. The minimum Gasteiger partial charge on any atom is -0.496 e. The van der Waals surface area contributed by atoms with Crippen LogP contribution in [0, 0.1) is 0 Å². The van der Waals surface area contributed by atoms with Gasteiger partial charge >= 0.3 is 0 Å². The van der Waals surface area contributed by atoms with Gasteiger partial charge < -0.3 is 15.4 Å². The van der Waals surface area contributed by atoms with Crippen molar-refractivity contribution in [2.24, 2.45) is 5.73 Å². The number of rotatable bonds is 7. The summed E-state index contributed by atoms with van der Waals surface area (Å²) in [5, 5.41) is 0. The van der Waals surface area contributed by atoms with Gasteiger partial charge in [-0.2, -0.15) is 0 Å². The van der Waals surface area contributed by atoms with Gasteiger partial charge in [0.15, 0.2) is 0 Å². The zero-order valence-corrected chi connectivity index (χ0v) is 13.8. The van der Waals surface area contributed by atoms with Crippen molar-refractivity contribution < 1.29 is 4.74 Å². The highest BCUT2D eigenvalue weighted by Gasteiger charge is 2.29. The van der Waals surface area contributed by atoms with E-state index in [0.717, 1.165) is 25.1 Å². The molecular weight excluding hydrogens is 260 g/mol. The molecule has 118 valence electrons. The third-order valence-electron chi connectivity index (χ3n) is 5.02. The van der Waals surface area contributed by atoms with Gasteiger partial charge in [-0.15, -0.1) is 0 Å². The molecule has 2 rings (SSSR count). The molecule has 3 heteroatoms. The van der Waals surface area contributed by atoms with Crippen molar-refractivity contribution >= 4 is 0 Å². The third-order valence-corrected chi connectivity index (χ3v) is 5.02. The Morgan fingerprint density at radius 2 is 1.95 bits per heavy atom. The van der Waals surface area contributed by atoms with Crippen molar-refractivity contribution in [1.82, 2.24) is 4.90 Å². The molecule has 1 aromatic rings. The molecule has 1 saturated carbocycles. The van der Waals surface area contributed by atoms with Crippen molar-refractivity contribution in [3.05, 3.63) is 29.8 Å². The van der Waals surface area contributed by atoms with E-state index in [9.17, 15) is 0 Å². The van der Waals surface area contributed by atoms with Crippen LogP contribution < -0.4 is 10.5 Å². The number of nitrogens with two attached hydrogens (primary N) is 1. The van der Waals surface area contributed by atoms with Crippen LogP contribution in [0.5, 0.6) is 5.75 Å². The molecule has 0 spiro atoms. The van der Waals surface area contributed by atoms with Crippen LogP contribution in [0.25, 0.3) is 0 Å². The maximum absolute atomic E-state index is 6.46. The lowest BCUT2D eigenvalue weighted by Gasteiger charge is -2.30. The summed E-state index contributed by atoms with van der Waals surface area (Å²) in [5.74, 6) is 0.990. The van der Waals surface area contributed by atoms with E-state index in [0.29, 0.717) is 6.04 Å². The first-order chi connectivity index (χ1) is 10.0. The fraction of sp³-hybridized carbons (Fsp3) is 0.667. The summed E-state index contributed by atoms with van der Waals surface area (Å²) in [6, 6.07) is 8.79. The van der Waals surface area contributed by atoms with E-state index in [1.54, 1.807) is 7.11 Å². The lowest BCUT2D eigenvalue weighted by molar-refractivity contribution is 0.224. The summed E-state index contributed by atoms with van der Waals surface area (Å²) in [7, 11) is 3.95. The topological polar surface area (TPSA) is 38.5 Å². The summed E-state index contributed by atoms with van der Waals surface area (Å²) in [5.41, 5.74) is 7.83. The van der Waals surface area contributed by atoms with Crippen molar-refractivity contribution in [3.63, 3.8) is 0 Å². The fourth-order valence-corrected chi connectivity index (χ4v) is 3.29. The normalized spacial score (nSPS) is 18.9. The lowest BCUT2D eigenvalue weighted by Crippen LogP contribution is -2.42. The molecule has 21 heavy (non-hydrogen) atoms. The van der Waals surface area contributed by atoms with Crippen LogP contribution >= 0.6 is 0 Å². The molecule has 0 heterocycles. The summed E-state index contributed by atoms with van der Waals surface area (Å²) in [6.45, 7) is 3.36. The third kappa shape index (κ3) is 4.45. The lowest BCUT2D eigenvalue weighted by atomic mass is 9.94. The molecule has 0 bridgehead atoms. The second kappa shape index (κ2) is 7.28. The van der Waals surface area contributed by atoms with Crippen LogP contribution in [0.1, 0.15) is 44.6 Å². The first-order valence-electron chi connectivity index (χ1n) is 8.15. The predicted octanol–water partition coefficient (Wildman–Crippen LogP) is 3.22. The van der Waals surface area contributed by atoms with Crippen LogP contribution in [-0.4, -0.2) is 37.2 Å². The van der Waals surface area contributed by atoms with E-state index in [1.807, 2.05) is 12.1 Å². The number of methoxy groups -OCH3 is 1. The minimum absolute atomic E-state index is 0.0957. The van der Waals surface area contributed by atoms with Crippen LogP contribution in [0.2, 0.25) is 0 Å². The minimum atomic E-state index is 0.0957. The maximum Gasteiger partial charge on any atom is 0.122 e. The predicted molar refractivity (Wildman–Crippen MR) is 88.8 cm³/mol. The largest absolute Gasteiger partial charge is 0.496 e. The molecule has 0 amide bonds. The van der Waals surface area contributed by atoms with Gasteiger partial charge in [0.1, 0.15) is 5.75 Å². The first kappa shape index (κ1) is 16.3. The van der Waals surface area contributed by atoms with E-state index >= 15 is 0 Å². The molecule has 0 radical (unpaired) electrons. The molecule has 1 aliphatic carbocycles. The monoisotopic (exact) mass is 290 g/mol. The van der Waals surface area contributed by atoms with Crippen LogP contribution in [0.4, 0.5) is 0 Å². The molecule has 1 fully saturated rings. The maximum atomic E-state index is 6.46. The highest BCUT2D eigenvalue weighted by Crippen LogP contribution is 2.30. The Morgan fingerprint density at radius 3 is 2.62 bits per heavy atom. The van der Waals surface area contributed by atoms with Gasteiger partial charge in [0, 0.05) is 11.6 Å². The van der Waals surface area contributed by atoms with Gasteiger partial charge in [-0.05, 0) is 57.8 Å². The number of benzene rings is 1. The molecule has 2 N–H and O–H groups in total. The number of hydrogen-bond donors (Lipinski definition) is 1. The Morgan fingerprint density at radius 1 is 1.29 bits per heavy atom. The SMILES string of the molecule is COc1ccccc1CC(C)N(C)CCC1(N)CCCC1. The molecule has 1 unspecified atom stereocenters.